The van der Waals surface area contributed by atoms with Crippen molar-refractivity contribution in [1.29, 1.82) is 0 Å². The second-order valence-corrected chi connectivity index (χ2v) is 3.31. The Morgan fingerprint density at radius 3 is 2.71 bits per heavy atom. The van der Waals surface area contributed by atoms with Crippen LogP contribution in [0.25, 0.3) is 0 Å². The van der Waals surface area contributed by atoms with Gasteiger partial charge in [0.2, 0.25) is 0 Å². The van der Waals surface area contributed by atoms with E-state index < -0.39 is 5.97 Å². The Morgan fingerprint density at radius 1 is 1.50 bits per heavy atom. The van der Waals surface area contributed by atoms with Gasteiger partial charge in [0.1, 0.15) is 0 Å². The second kappa shape index (κ2) is 8.75. The van der Waals surface area contributed by atoms with Crippen molar-refractivity contribution < 1.29 is 14.6 Å². The molecule has 82 valence electrons. The van der Waals surface area contributed by atoms with Crippen molar-refractivity contribution in [2.75, 3.05) is 6.61 Å². The molecule has 0 saturated heterocycles. The maximum absolute atomic E-state index is 10.6. The lowest BCUT2D eigenvalue weighted by molar-refractivity contribution is -0.273. The summed E-state index contributed by atoms with van der Waals surface area (Å²) in [4.78, 5) is 19.9. The van der Waals surface area contributed by atoms with Gasteiger partial charge in [-0.3, -0.25) is 4.89 Å². The standard InChI is InChI=1S/C11H20O3/c1-4-7-8-10(5-2)9-13-14-11(12)6-3/h6,10H,3-5,7-9H2,1-2H3. The Bertz CT molecular complexity index is 166. The topological polar surface area (TPSA) is 35.5 Å². The van der Waals surface area contributed by atoms with Gasteiger partial charge in [0, 0.05) is 6.08 Å². The molecule has 0 heterocycles. The lowest BCUT2D eigenvalue weighted by Crippen LogP contribution is -2.11. The Hall–Kier alpha value is -0.830. The van der Waals surface area contributed by atoms with Crippen LogP contribution in [0, 0.1) is 5.92 Å². The fraction of sp³-hybridized carbons (Fsp3) is 0.727. The fourth-order valence-electron chi connectivity index (χ4n) is 1.12. The Kier molecular flexibility index (Phi) is 8.24. The summed E-state index contributed by atoms with van der Waals surface area (Å²) in [5.41, 5.74) is 0. The van der Waals surface area contributed by atoms with E-state index in [2.05, 4.69) is 25.3 Å². The largest absolute Gasteiger partial charge is 0.365 e. The quantitative estimate of drug-likeness (QED) is 0.343. The lowest BCUT2D eigenvalue weighted by atomic mass is 10.0. The van der Waals surface area contributed by atoms with Crippen LogP contribution in [0.2, 0.25) is 0 Å². The van der Waals surface area contributed by atoms with Crippen LogP contribution >= 0.6 is 0 Å². The highest BCUT2D eigenvalue weighted by Gasteiger charge is 2.07. The van der Waals surface area contributed by atoms with E-state index in [4.69, 9.17) is 4.89 Å². The molecule has 0 rings (SSSR count). The summed E-state index contributed by atoms with van der Waals surface area (Å²) in [5.74, 6) is -0.0529. The summed E-state index contributed by atoms with van der Waals surface area (Å²) in [6, 6.07) is 0. The molecule has 0 N–H and O–H groups in total. The molecule has 0 radical (unpaired) electrons. The Labute approximate surface area is 86.0 Å². The van der Waals surface area contributed by atoms with Gasteiger partial charge in [-0.25, -0.2) is 4.79 Å². The van der Waals surface area contributed by atoms with Crippen LogP contribution < -0.4 is 0 Å². The molecule has 0 spiro atoms. The molecular weight excluding hydrogens is 180 g/mol. The second-order valence-electron chi connectivity index (χ2n) is 3.31. The highest BCUT2D eigenvalue weighted by atomic mass is 17.2. The molecule has 0 bridgehead atoms. The van der Waals surface area contributed by atoms with Crippen LogP contribution in [-0.2, 0) is 14.6 Å². The lowest BCUT2D eigenvalue weighted by Gasteiger charge is -2.12. The third kappa shape index (κ3) is 6.66. The zero-order valence-electron chi connectivity index (χ0n) is 9.12. The van der Waals surface area contributed by atoms with Gasteiger partial charge in [-0.2, -0.15) is 4.89 Å². The van der Waals surface area contributed by atoms with E-state index in [1.807, 2.05) is 0 Å². The minimum absolute atomic E-state index is 0.479. The number of hydrogen-bond donors (Lipinski definition) is 0. The van der Waals surface area contributed by atoms with Crippen molar-refractivity contribution in [2.24, 2.45) is 5.92 Å². The van der Waals surface area contributed by atoms with Crippen molar-refractivity contribution in [1.82, 2.24) is 0 Å². The molecule has 0 amide bonds. The number of carbonyl (C=O) groups excluding carboxylic acids is 1. The maximum Gasteiger partial charge on any atom is 0.365 e. The first kappa shape index (κ1) is 13.2. The first-order chi connectivity index (χ1) is 6.74. The predicted octanol–water partition coefficient (Wildman–Crippen LogP) is 2.86. The molecule has 0 fully saturated rings. The monoisotopic (exact) mass is 200 g/mol. The minimum atomic E-state index is -0.532. The highest BCUT2D eigenvalue weighted by Crippen LogP contribution is 2.12. The fourth-order valence-corrected chi connectivity index (χ4v) is 1.12. The first-order valence-electron chi connectivity index (χ1n) is 5.20. The van der Waals surface area contributed by atoms with Crippen molar-refractivity contribution >= 4 is 5.97 Å². The van der Waals surface area contributed by atoms with Gasteiger partial charge in [-0.1, -0.05) is 39.7 Å². The van der Waals surface area contributed by atoms with E-state index in [0.29, 0.717) is 12.5 Å². The molecule has 1 atom stereocenters. The molecule has 0 aromatic rings. The molecule has 14 heavy (non-hydrogen) atoms. The summed E-state index contributed by atoms with van der Waals surface area (Å²) in [6.07, 6.45) is 5.64. The van der Waals surface area contributed by atoms with Gasteiger partial charge in [0.05, 0.1) is 6.61 Å². The zero-order valence-corrected chi connectivity index (χ0v) is 9.12. The maximum atomic E-state index is 10.6. The molecular formula is C11H20O3. The van der Waals surface area contributed by atoms with Gasteiger partial charge in [-0.05, 0) is 12.3 Å². The normalized spacial score (nSPS) is 12.1. The molecule has 3 nitrogen and oxygen atoms in total. The van der Waals surface area contributed by atoms with E-state index in [0.717, 1.165) is 18.9 Å². The smallest absolute Gasteiger partial charge is 0.294 e. The van der Waals surface area contributed by atoms with E-state index in [1.165, 1.54) is 12.8 Å². The number of hydrogen-bond acceptors (Lipinski definition) is 3. The third-order valence-corrected chi connectivity index (χ3v) is 2.15. The first-order valence-corrected chi connectivity index (χ1v) is 5.20. The van der Waals surface area contributed by atoms with Crippen LogP contribution in [0.1, 0.15) is 39.5 Å². The van der Waals surface area contributed by atoms with Crippen LogP contribution in [0.4, 0.5) is 0 Å². The molecule has 0 aliphatic heterocycles. The Morgan fingerprint density at radius 2 is 2.21 bits per heavy atom. The van der Waals surface area contributed by atoms with E-state index in [9.17, 15) is 4.79 Å². The number of rotatable bonds is 8. The average molecular weight is 200 g/mol. The minimum Gasteiger partial charge on any atom is -0.294 e. The van der Waals surface area contributed by atoms with Crippen LogP contribution in [0.3, 0.4) is 0 Å². The van der Waals surface area contributed by atoms with E-state index in [1.54, 1.807) is 0 Å². The van der Waals surface area contributed by atoms with E-state index in [-0.39, 0.29) is 0 Å². The molecule has 0 saturated carbocycles. The zero-order chi connectivity index (χ0) is 10.8. The van der Waals surface area contributed by atoms with Crippen molar-refractivity contribution in [2.45, 2.75) is 39.5 Å². The third-order valence-electron chi connectivity index (χ3n) is 2.15. The van der Waals surface area contributed by atoms with Gasteiger partial charge in [-0.15, -0.1) is 0 Å². The molecule has 0 aliphatic carbocycles. The summed E-state index contributed by atoms with van der Waals surface area (Å²) in [6.45, 7) is 8.02. The predicted molar refractivity (Wildman–Crippen MR) is 55.5 cm³/mol. The van der Waals surface area contributed by atoms with E-state index >= 15 is 0 Å². The summed E-state index contributed by atoms with van der Waals surface area (Å²) < 4.78 is 0. The SMILES string of the molecule is C=CC(=O)OOCC(CC)CCCC. The highest BCUT2D eigenvalue weighted by molar-refractivity contribution is 5.80. The summed E-state index contributed by atoms with van der Waals surface area (Å²) in [5, 5.41) is 0. The van der Waals surface area contributed by atoms with Crippen LogP contribution in [0.5, 0.6) is 0 Å². The summed E-state index contributed by atoms with van der Waals surface area (Å²) in [7, 11) is 0. The molecule has 0 aromatic heterocycles. The summed E-state index contributed by atoms with van der Waals surface area (Å²) >= 11 is 0. The number of unbranched alkanes of at least 4 members (excludes halogenated alkanes) is 1. The van der Waals surface area contributed by atoms with Crippen LogP contribution in [0.15, 0.2) is 12.7 Å². The van der Waals surface area contributed by atoms with Crippen molar-refractivity contribution in [3.8, 4) is 0 Å². The van der Waals surface area contributed by atoms with Crippen LogP contribution in [-0.4, -0.2) is 12.6 Å². The van der Waals surface area contributed by atoms with Crippen molar-refractivity contribution in [3.63, 3.8) is 0 Å². The van der Waals surface area contributed by atoms with Gasteiger partial charge < -0.3 is 0 Å². The average Bonchev–Trinajstić information content (AvgIpc) is 2.22. The number of carbonyl (C=O) groups is 1. The Balaban J connectivity index is 3.51. The molecule has 1 unspecified atom stereocenters. The molecule has 0 aliphatic rings. The van der Waals surface area contributed by atoms with Gasteiger partial charge in [0.15, 0.2) is 0 Å². The van der Waals surface area contributed by atoms with Gasteiger partial charge >= 0.3 is 5.97 Å². The van der Waals surface area contributed by atoms with Gasteiger partial charge in [0.25, 0.3) is 0 Å². The van der Waals surface area contributed by atoms with Crippen molar-refractivity contribution in [3.05, 3.63) is 12.7 Å². The molecule has 3 heteroatoms. The molecule has 0 aromatic carbocycles.